The van der Waals surface area contributed by atoms with Crippen molar-refractivity contribution < 1.29 is 17.6 Å². The standard InChI is InChI=1S/C19H25N3O4S/c1-13-4-5-16(18-9-20-15(3)26-18)8-19(13)27(23,24)21-6-7-22-14(2)11-25-12-17(22)10-21/h4-5,8-9,14,17H,6-7,10-12H2,1-3H3/t14-,17+/m0/s1. The first kappa shape index (κ1) is 18.6. The first-order chi connectivity index (χ1) is 12.9. The number of hydrogen-bond acceptors (Lipinski definition) is 6. The summed E-state index contributed by atoms with van der Waals surface area (Å²) in [6, 6.07) is 5.81. The Bertz CT molecular complexity index is 940. The lowest BCUT2D eigenvalue weighted by molar-refractivity contribution is -0.0634. The molecule has 0 spiro atoms. The molecule has 4 rings (SSSR count). The highest BCUT2D eigenvalue weighted by molar-refractivity contribution is 7.89. The molecule has 0 unspecified atom stereocenters. The summed E-state index contributed by atoms with van der Waals surface area (Å²) in [7, 11) is -3.60. The van der Waals surface area contributed by atoms with Crippen molar-refractivity contribution >= 4 is 10.0 Å². The van der Waals surface area contributed by atoms with E-state index in [2.05, 4.69) is 16.8 Å². The number of rotatable bonds is 3. The normalized spacial score (nSPS) is 24.7. The van der Waals surface area contributed by atoms with Crippen LogP contribution in [0.4, 0.5) is 0 Å². The van der Waals surface area contributed by atoms with Crippen LogP contribution in [0.25, 0.3) is 11.3 Å². The van der Waals surface area contributed by atoms with Crippen LogP contribution in [-0.4, -0.2) is 67.5 Å². The lowest BCUT2D eigenvalue weighted by Gasteiger charge is -2.46. The second kappa shape index (κ2) is 7.01. The average molecular weight is 391 g/mol. The number of nitrogens with zero attached hydrogens (tertiary/aromatic N) is 3. The second-order valence-corrected chi connectivity index (χ2v) is 9.27. The van der Waals surface area contributed by atoms with Gasteiger partial charge >= 0.3 is 0 Å². The molecule has 2 saturated heterocycles. The summed E-state index contributed by atoms with van der Waals surface area (Å²) in [5.74, 6) is 1.13. The Hall–Kier alpha value is -1.74. The van der Waals surface area contributed by atoms with Crippen molar-refractivity contribution in [2.24, 2.45) is 0 Å². The van der Waals surface area contributed by atoms with Crippen LogP contribution in [0.5, 0.6) is 0 Å². The Morgan fingerprint density at radius 2 is 2.00 bits per heavy atom. The predicted molar refractivity (Wildman–Crippen MR) is 101 cm³/mol. The van der Waals surface area contributed by atoms with Crippen LogP contribution in [0.15, 0.2) is 33.7 Å². The van der Waals surface area contributed by atoms with Gasteiger partial charge in [0.25, 0.3) is 0 Å². The van der Waals surface area contributed by atoms with E-state index in [0.717, 1.165) is 12.1 Å². The monoisotopic (exact) mass is 391 g/mol. The van der Waals surface area contributed by atoms with Crippen LogP contribution in [0, 0.1) is 13.8 Å². The van der Waals surface area contributed by atoms with E-state index in [1.54, 1.807) is 23.5 Å². The molecule has 3 heterocycles. The Morgan fingerprint density at radius 1 is 1.19 bits per heavy atom. The highest BCUT2D eigenvalue weighted by Crippen LogP contribution is 2.29. The zero-order chi connectivity index (χ0) is 19.2. The number of benzene rings is 1. The molecule has 0 bridgehead atoms. The molecule has 8 heteroatoms. The topological polar surface area (TPSA) is 75.9 Å². The minimum Gasteiger partial charge on any atom is -0.441 e. The number of morpholine rings is 1. The van der Waals surface area contributed by atoms with Gasteiger partial charge in [0.15, 0.2) is 11.7 Å². The summed E-state index contributed by atoms with van der Waals surface area (Å²) in [5, 5.41) is 0. The van der Waals surface area contributed by atoms with Gasteiger partial charge in [-0.25, -0.2) is 13.4 Å². The van der Waals surface area contributed by atoms with Gasteiger partial charge < -0.3 is 9.15 Å². The number of sulfonamides is 1. The molecule has 2 aliphatic heterocycles. The molecule has 0 N–H and O–H groups in total. The van der Waals surface area contributed by atoms with E-state index in [1.165, 1.54) is 0 Å². The highest BCUT2D eigenvalue weighted by atomic mass is 32.2. The molecule has 0 saturated carbocycles. The maximum atomic E-state index is 13.4. The maximum absolute atomic E-state index is 13.4. The first-order valence-electron chi connectivity index (χ1n) is 9.23. The molecule has 0 amide bonds. The summed E-state index contributed by atoms with van der Waals surface area (Å²) in [6.45, 7) is 8.68. The molecule has 1 aromatic heterocycles. The largest absolute Gasteiger partial charge is 0.441 e. The highest BCUT2D eigenvalue weighted by Gasteiger charge is 2.38. The summed E-state index contributed by atoms with van der Waals surface area (Å²) in [4.78, 5) is 6.79. The van der Waals surface area contributed by atoms with E-state index >= 15 is 0 Å². The fourth-order valence-electron chi connectivity index (χ4n) is 3.92. The van der Waals surface area contributed by atoms with Crippen LogP contribution in [0.2, 0.25) is 0 Å². The van der Waals surface area contributed by atoms with Gasteiger partial charge in [-0.2, -0.15) is 4.31 Å². The summed E-state index contributed by atoms with van der Waals surface area (Å²) < 4.78 is 39.5. The van der Waals surface area contributed by atoms with Crippen LogP contribution in [0.1, 0.15) is 18.4 Å². The zero-order valence-electron chi connectivity index (χ0n) is 15.9. The molecule has 2 fully saturated rings. The smallest absolute Gasteiger partial charge is 0.243 e. The van der Waals surface area contributed by atoms with Crippen molar-refractivity contribution in [1.82, 2.24) is 14.2 Å². The van der Waals surface area contributed by atoms with Gasteiger partial charge in [0, 0.05) is 44.2 Å². The Labute approximate surface area is 160 Å². The lowest BCUT2D eigenvalue weighted by atomic mass is 10.1. The maximum Gasteiger partial charge on any atom is 0.243 e. The Morgan fingerprint density at radius 3 is 2.74 bits per heavy atom. The van der Waals surface area contributed by atoms with E-state index in [-0.39, 0.29) is 6.04 Å². The molecular formula is C19H25N3O4S. The van der Waals surface area contributed by atoms with Crippen molar-refractivity contribution in [2.75, 3.05) is 32.8 Å². The second-order valence-electron chi connectivity index (χ2n) is 7.36. The van der Waals surface area contributed by atoms with E-state index in [0.29, 0.717) is 54.5 Å². The summed E-state index contributed by atoms with van der Waals surface area (Å²) in [5.41, 5.74) is 1.44. The van der Waals surface area contributed by atoms with Gasteiger partial charge in [0.2, 0.25) is 10.0 Å². The van der Waals surface area contributed by atoms with Gasteiger partial charge in [-0.3, -0.25) is 4.90 Å². The van der Waals surface area contributed by atoms with Crippen molar-refractivity contribution in [3.63, 3.8) is 0 Å². The summed E-state index contributed by atoms with van der Waals surface area (Å²) >= 11 is 0. The number of fused-ring (bicyclic) bond motifs is 1. The van der Waals surface area contributed by atoms with Crippen molar-refractivity contribution in [3.8, 4) is 11.3 Å². The molecule has 2 atom stereocenters. The third kappa shape index (κ3) is 3.42. The molecule has 7 nitrogen and oxygen atoms in total. The molecule has 1 aromatic carbocycles. The van der Waals surface area contributed by atoms with E-state index in [9.17, 15) is 8.42 Å². The lowest BCUT2D eigenvalue weighted by Crippen LogP contribution is -2.61. The Kier molecular flexibility index (Phi) is 4.84. The number of aromatic nitrogens is 1. The van der Waals surface area contributed by atoms with Gasteiger partial charge in [0.1, 0.15) is 0 Å². The Balaban J connectivity index is 1.64. The van der Waals surface area contributed by atoms with Gasteiger partial charge in [0.05, 0.1) is 24.3 Å². The number of piperazine rings is 1. The van der Waals surface area contributed by atoms with Crippen LogP contribution in [-0.2, 0) is 14.8 Å². The first-order valence-corrected chi connectivity index (χ1v) is 10.7. The SMILES string of the molecule is Cc1ncc(-c2ccc(C)c(S(=O)(=O)N3CCN4[C@@H](COC[C@@H]4C)C3)c2)o1. The number of ether oxygens (including phenoxy) is 1. The quantitative estimate of drug-likeness (QED) is 0.797. The van der Waals surface area contributed by atoms with Gasteiger partial charge in [-0.05, 0) is 25.5 Å². The van der Waals surface area contributed by atoms with Crippen molar-refractivity contribution in [1.29, 1.82) is 0 Å². The van der Waals surface area contributed by atoms with Gasteiger partial charge in [-0.1, -0.05) is 12.1 Å². The third-order valence-electron chi connectivity index (χ3n) is 5.44. The van der Waals surface area contributed by atoms with Crippen LogP contribution < -0.4 is 0 Å². The van der Waals surface area contributed by atoms with Crippen LogP contribution in [0.3, 0.4) is 0 Å². The minimum absolute atomic E-state index is 0.109. The molecule has 146 valence electrons. The molecule has 0 aliphatic carbocycles. The summed E-state index contributed by atoms with van der Waals surface area (Å²) in [6.07, 6.45) is 1.62. The minimum atomic E-state index is -3.60. The molecule has 2 aliphatic rings. The predicted octanol–water partition coefficient (Wildman–Crippen LogP) is 2.05. The molecule has 0 radical (unpaired) electrons. The molecule has 2 aromatic rings. The van der Waals surface area contributed by atoms with Crippen molar-refractivity contribution in [3.05, 3.63) is 35.9 Å². The number of aryl methyl sites for hydroxylation is 2. The van der Waals surface area contributed by atoms with Crippen molar-refractivity contribution in [2.45, 2.75) is 37.8 Å². The average Bonchev–Trinajstić information content (AvgIpc) is 3.08. The number of hydrogen-bond donors (Lipinski definition) is 0. The molecule has 27 heavy (non-hydrogen) atoms. The van der Waals surface area contributed by atoms with E-state index in [4.69, 9.17) is 9.15 Å². The fraction of sp³-hybridized carbons (Fsp3) is 0.526. The zero-order valence-corrected chi connectivity index (χ0v) is 16.7. The van der Waals surface area contributed by atoms with E-state index in [1.807, 2.05) is 19.1 Å². The van der Waals surface area contributed by atoms with E-state index < -0.39 is 10.0 Å². The van der Waals surface area contributed by atoms with Crippen LogP contribution >= 0.6 is 0 Å². The molecular weight excluding hydrogens is 366 g/mol. The third-order valence-corrected chi connectivity index (χ3v) is 7.45. The number of oxazole rings is 1. The fourth-order valence-corrected chi connectivity index (χ4v) is 5.64. The van der Waals surface area contributed by atoms with Gasteiger partial charge in [-0.15, -0.1) is 0 Å².